The Morgan fingerprint density at radius 1 is 1.47 bits per heavy atom. The lowest BCUT2D eigenvalue weighted by Gasteiger charge is -2.07. The van der Waals surface area contributed by atoms with E-state index in [1.807, 2.05) is 7.05 Å². The average molecular weight is 210 g/mol. The standard InChI is InChI=1S/C12H22N2O/c1-11(2)15-8-4-6-13-9-12-5-7-14(3)10-12/h5,7,10-11,13H,4,6,8-9H2,1-3H3. The number of hydrogen-bond acceptors (Lipinski definition) is 2. The second kappa shape index (κ2) is 6.64. The molecule has 0 aliphatic rings. The van der Waals surface area contributed by atoms with Crippen LogP contribution >= 0.6 is 0 Å². The van der Waals surface area contributed by atoms with Crippen LogP contribution in [-0.4, -0.2) is 23.8 Å². The second-order valence-corrected chi connectivity index (χ2v) is 4.14. The molecular weight excluding hydrogens is 188 g/mol. The van der Waals surface area contributed by atoms with Crippen molar-refractivity contribution in [3.8, 4) is 0 Å². The van der Waals surface area contributed by atoms with Crippen LogP contribution in [0.3, 0.4) is 0 Å². The molecule has 0 aromatic carbocycles. The Morgan fingerprint density at radius 3 is 2.87 bits per heavy atom. The fourth-order valence-corrected chi connectivity index (χ4v) is 1.41. The van der Waals surface area contributed by atoms with Crippen LogP contribution in [0.1, 0.15) is 25.8 Å². The summed E-state index contributed by atoms with van der Waals surface area (Å²) in [6.45, 7) is 6.94. The van der Waals surface area contributed by atoms with Gasteiger partial charge < -0.3 is 14.6 Å². The molecule has 1 N–H and O–H groups in total. The Labute approximate surface area is 92.4 Å². The van der Waals surface area contributed by atoms with Crippen molar-refractivity contribution in [2.24, 2.45) is 7.05 Å². The van der Waals surface area contributed by atoms with E-state index in [4.69, 9.17) is 4.74 Å². The van der Waals surface area contributed by atoms with E-state index in [9.17, 15) is 0 Å². The lowest BCUT2D eigenvalue weighted by atomic mass is 10.3. The van der Waals surface area contributed by atoms with Crippen LogP contribution in [0.2, 0.25) is 0 Å². The van der Waals surface area contributed by atoms with Crippen molar-refractivity contribution in [3.63, 3.8) is 0 Å². The smallest absolute Gasteiger partial charge is 0.0518 e. The van der Waals surface area contributed by atoms with E-state index in [1.165, 1.54) is 5.56 Å². The van der Waals surface area contributed by atoms with Crippen LogP contribution in [0.15, 0.2) is 18.5 Å². The molecule has 0 aliphatic heterocycles. The Bertz CT molecular complexity index is 268. The molecule has 1 aromatic heterocycles. The van der Waals surface area contributed by atoms with Crippen LogP contribution in [0.25, 0.3) is 0 Å². The Hall–Kier alpha value is -0.800. The van der Waals surface area contributed by atoms with Crippen molar-refractivity contribution < 1.29 is 4.74 Å². The number of nitrogens with one attached hydrogen (secondary N) is 1. The van der Waals surface area contributed by atoms with E-state index in [1.54, 1.807) is 0 Å². The monoisotopic (exact) mass is 210 g/mol. The third-order valence-corrected chi connectivity index (χ3v) is 2.17. The molecule has 3 heteroatoms. The molecule has 0 atom stereocenters. The summed E-state index contributed by atoms with van der Waals surface area (Å²) in [4.78, 5) is 0. The van der Waals surface area contributed by atoms with Gasteiger partial charge in [-0.3, -0.25) is 0 Å². The maximum Gasteiger partial charge on any atom is 0.0518 e. The summed E-state index contributed by atoms with van der Waals surface area (Å²) < 4.78 is 7.52. The summed E-state index contributed by atoms with van der Waals surface area (Å²) >= 11 is 0. The van der Waals surface area contributed by atoms with Gasteiger partial charge in [0.05, 0.1) is 6.10 Å². The fraction of sp³-hybridized carbons (Fsp3) is 0.667. The number of ether oxygens (including phenoxy) is 1. The highest BCUT2D eigenvalue weighted by molar-refractivity contribution is 5.09. The van der Waals surface area contributed by atoms with Gasteiger partial charge in [-0.2, -0.15) is 0 Å². The molecule has 0 radical (unpaired) electrons. The van der Waals surface area contributed by atoms with Gasteiger partial charge in [0, 0.05) is 32.6 Å². The first-order valence-corrected chi connectivity index (χ1v) is 5.61. The van der Waals surface area contributed by atoms with Crippen molar-refractivity contribution in [1.82, 2.24) is 9.88 Å². The van der Waals surface area contributed by atoms with Crippen molar-refractivity contribution in [1.29, 1.82) is 0 Å². The summed E-state index contributed by atoms with van der Waals surface area (Å²) in [6, 6.07) is 2.14. The molecule has 0 aliphatic carbocycles. The predicted molar refractivity (Wildman–Crippen MR) is 62.8 cm³/mol. The minimum absolute atomic E-state index is 0.346. The number of hydrogen-bond donors (Lipinski definition) is 1. The summed E-state index contributed by atoms with van der Waals surface area (Å²) in [5, 5.41) is 3.40. The Morgan fingerprint density at radius 2 is 2.27 bits per heavy atom. The highest BCUT2D eigenvalue weighted by atomic mass is 16.5. The van der Waals surface area contributed by atoms with Crippen molar-refractivity contribution in [2.75, 3.05) is 13.2 Å². The lowest BCUT2D eigenvalue weighted by molar-refractivity contribution is 0.0770. The molecule has 0 amide bonds. The minimum Gasteiger partial charge on any atom is -0.379 e. The largest absolute Gasteiger partial charge is 0.379 e. The van der Waals surface area contributed by atoms with E-state index in [2.05, 4.69) is 42.2 Å². The zero-order valence-corrected chi connectivity index (χ0v) is 9.99. The molecule has 1 aromatic rings. The number of aryl methyl sites for hydroxylation is 1. The zero-order chi connectivity index (χ0) is 11.1. The average Bonchev–Trinajstić information content (AvgIpc) is 2.57. The molecule has 15 heavy (non-hydrogen) atoms. The van der Waals surface area contributed by atoms with Gasteiger partial charge in [0.2, 0.25) is 0 Å². The normalized spacial score (nSPS) is 11.2. The highest BCUT2D eigenvalue weighted by Crippen LogP contribution is 1.98. The lowest BCUT2D eigenvalue weighted by Crippen LogP contribution is -2.17. The van der Waals surface area contributed by atoms with E-state index in [-0.39, 0.29) is 0 Å². The zero-order valence-electron chi connectivity index (χ0n) is 9.99. The SMILES string of the molecule is CC(C)OCCCNCc1ccn(C)c1. The predicted octanol–water partition coefficient (Wildman–Crippen LogP) is 1.93. The molecule has 3 nitrogen and oxygen atoms in total. The molecule has 1 rings (SSSR count). The first-order chi connectivity index (χ1) is 7.18. The van der Waals surface area contributed by atoms with Gasteiger partial charge in [-0.1, -0.05) is 0 Å². The van der Waals surface area contributed by atoms with E-state index < -0.39 is 0 Å². The molecule has 0 spiro atoms. The summed E-state index contributed by atoms with van der Waals surface area (Å²) in [5.74, 6) is 0. The maximum atomic E-state index is 5.45. The third-order valence-electron chi connectivity index (χ3n) is 2.17. The second-order valence-electron chi connectivity index (χ2n) is 4.14. The van der Waals surface area contributed by atoms with Crippen LogP contribution < -0.4 is 5.32 Å². The maximum absolute atomic E-state index is 5.45. The molecule has 1 heterocycles. The van der Waals surface area contributed by atoms with E-state index in [0.717, 1.165) is 26.1 Å². The molecule has 86 valence electrons. The van der Waals surface area contributed by atoms with Gasteiger partial charge in [-0.05, 0) is 38.4 Å². The molecule has 0 bridgehead atoms. The van der Waals surface area contributed by atoms with Crippen LogP contribution in [0, 0.1) is 0 Å². The fourth-order valence-electron chi connectivity index (χ4n) is 1.41. The molecule has 0 saturated heterocycles. The molecule has 0 fully saturated rings. The Balaban J connectivity index is 1.98. The minimum atomic E-state index is 0.346. The van der Waals surface area contributed by atoms with Crippen molar-refractivity contribution >= 4 is 0 Å². The molecule has 0 unspecified atom stereocenters. The summed E-state index contributed by atoms with van der Waals surface area (Å²) in [6.07, 6.45) is 5.63. The van der Waals surface area contributed by atoms with Crippen LogP contribution in [0.4, 0.5) is 0 Å². The number of nitrogens with zero attached hydrogens (tertiary/aromatic N) is 1. The molecular formula is C12H22N2O. The Kier molecular flexibility index (Phi) is 5.43. The van der Waals surface area contributed by atoms with Gasteiger partial charge in [-0.25, -0.2) is 0 Å². The third kappa shape index (κ3) is 5.60. The quantitative estimate of drug-likeness (QED) is 0.696. The first-order valence-electron chi connectivity index (χ1n) is 5.61. The van der Waals surface area contributed by atoms with Crippen molar-refractivity contribution in [3.05, 3.63) is 24.0 Å². The van der Waals surface area contributed by atoms with Gasteiger partial charge >= 0.3 is 0 Å². The van der Waals surface area contributed by atoms with Crippen molar-refractivity contribution in [2.45, 2.75) is 32.9 Å². The molecule has 0 saturated carbocycles. The van der Waals surface area contributed by atoms with Gasteiger partial charge in [0.15, 0.2) is 0 Å². The van der Waals surface area contributed by atoms with E-state index >= 15 is 0 Å². The topological polar surface area (TPSA) is 26.2 Å². The summed E-state index contributed by atoms with van der Waals surface area (Å²) in [7, 11) is 2.04. The van der Waals surface area contributed by atoms with Crippen LogP contribution in [-0.2, 0) is 18.3 Å². The van der Waals surface area contributed by atoms with Gasteiger partial charge in [0.1, 0.15) is 0 Å². The first kappa shape index (κ1) is 12.3. The van der Waals surface area contributed by atoms with Crippen LogP contribution in [0.5, 0.6) is 0 Å². The van der Waals surface area contributed by atoms with Gasteiger partial charge in [-0.15, -0.1) is 0 Å². The number of rotatable bonds is 7. The number of aromatic nitrogens is 1. The van der Waals surface area contributed by atoms with Gasteiger partial charge in [0.25, 0.3) is 0 Å². The summed E-state index contributed by atoms with van der Waals surface area (Å²) in [5.41, 5.74) is 1.34. The highest BCUT2D eigenvalue weighted by Gasteiger charge is 1.95. The van der Waals surface area contributed by atoms with E-state index in [0.29, 0.717) is 6.10 Å².